The average Bonchev–Trinajstić information content (AvgIpc) is 3.24. The van der Waals surface area contributed by atoms with Crippen molar-refractivity contribution < 1.29 is 24.5 Å². The largest absolute Gasteiger partial charge is 0.507 e. The minimum Gasteiger partial charge on any atom is -0.507 e. The molecule has 2 aliphatic carbocycles. The number of carbonyl (C=O) groups is 2. The van der Waals surface area contributed by atoms with Crippen LogP contribution in [0.3, 0.4) is 0 Å². The Labute approximate surface area is 197 Å². The van der Waals surface area contributed by atoms with Crippen LogP contribution in [-0.4, -0.2) is 28.4 Å². The molecule has 1 aliphatic heterocycles. The first-order valence-corrected chi connectivity index (χ1v) is 12.3. The van der Waals surface area contributed by atoms with E-state index in [1.807, 2.05) is 0 Å². The molecule has 33 heavy (non-hydrogen) atoms. The molecule has 0 amide bonds. The Bertz CT molecular complexity index is 1000. The minimum absolute atomic E-state index is 0.0314. The lowest BCUT2D eigenvalue weighted by Crippen LogP contribution is -2.48. The van der Waals surface area contributed by atoms with Crippen LogP contribution in [0.1, 0.15) is 106 Å². The van der Waals surface area contributed by atoms with E-state index in [1.54, 1.807) is 0 Å². The summed E-state index contributed by atoms with van der Waals surface area (Å²) in [5.41, 5.74) is 1.39. The highest BCUT2D eigenvalue weighted by Gasteiger charge is 2.57. The zero-order chi connectivity index (χ0) is 24.3. The summed E-state index contributed by atoms with van der Waals surface area (Å²) in [4.78, 5) is 23.8. The van der Waals surface area contributed by atoms with Gasteiger partial charge in [0.1, 0.15) is 22.8 Å². The molecule has 0 unspecified atom stereocenters. The number of hydrogen-bond donors (Lipinski definition) is 2. The van der Waals surface area contributed by atoms with Crippen LogP contribution in [0.15, 0.2) is 11.6 Å². The van der Waals surface area contributed by atoms with Gasteiger partial charge < -0.3 is 14.9 Å². The number of allylic oxidation sites excluding steroid dienone is 2. The Balaban J connectivity index is 1.89. The molecule has 0 saturated heterocycles. The molecule has 5 heteroatoms. The molecule has 0 radical (unpaired) electrons. The fraction of sp³-hybridized carbons (Fsp3) is 0.643. The lowest BCUT2D eigenvalue weighted by Gasteiger charge is -2.49. The zero-order valence-electron chi connectivity index (χ0n) is 20.8. The van der Waals surface area contributed by atoms with Crippen LogP contribution >= 0.6 is 0 Å². The van der Waals surface area contributed by atoms with E-state index in [0.717, 1.165) is 32.1 Å². The monoisotopic (exact) mass is 454 g/mol. The second kappa shape index (κ2) is 8.18. The predicted molar refractivity (Wildman–Crippen MR) is 128 cm³/mol. The molecule has 180 valence electrons. The molecule has 5 nitrogen and oxygen atoms in total. The summed E-state index contributed by atoms with van der Waals surface area (Å²) in [6.07, 6.45) is 7.96. The molecule has 0 bridgehead atoms. The van der Waals surface area contributed by atoms with Crippen molar-refractivity contribution in [2.45, 2.75) is 85.2 Å². The van der Waals surface area contributed by atoms with Gasteiger partial charge in [-0.3, -0.25) is 9.59 Å². The maximum atomic E-state index is 12.0. The molecule has 4 rings (SSSR count). The summed E-state index contributed by atoms with van der Waals surface area (Å²) in [5.74, 6) is 1.08. The number of ether oxygens (including phenoxy) is 1. The number of benzene rings is 1. The van der Waals surface area contributed by atoms with Crippen LogP contribution in [-0.2, 0) is 0 Å². The van der Waals surface area contributed by atoms with Crippen molar-refractivity contribution in [3.8, 4) is 17.2 Å². The number of aromatic hydroxyl groups is 2. The van der Waals surface area contributed by atoms with Crippen molar-refractivity contribution in [1.82, 2.24) is 0 Å². The molecule has 0 spiro atoms. The molecule has 1 aromatic carbocycles. The van der Waals surface area contributed by atoms with E-state index in [0.29, 0.717) is 35.9 Å². The lowest BCUT2D eigenvalue weighted by molar-refractivity contribution is -0.0253. The van der Waals surface area contributed by atoms with Crippen LogP contribution in [0.2, 0.25) is 0 Å². The van der Waals surface area contributed by atoms with Gasteiger partial charge in [0.2, 0.25) is 0 Å². The molecule has 1 heterocycles. The van der Waals surface area contributed by atoms with Gasteiger partial charge in [-0.25, -0.2) is 0 Å². The Morgan fingerprint density at radius 1 is 1.06 bits per heavy atom. The first-order chi connectivity index (χ1) is 15.5. The standard InChI is InChI=1S/C28H38O5/c1-15(2)11-17-20-8-7-16(3)12-22-21(27(22,4)5)9-10-28(20,6)33-26-19(14-30)24(31)18(13-29)25(32)23(17)26/h12-15,17,20-22,31-32H,7-11H2,1-6H3/t17-,20-,21-,22+,28+/m1/s1. The number of rotatable bonds is 4. The van der Waals surface area contributed by atoms with E-state index in [2.05, 4.69) is 47.6 Å². The first-order valence-electron chi connectivity index (χ1n) is 12.3. The summed E-state index contributed by atoms with van der Waals surface area (Å²) in [6, 6.07) is 0. The fourth-order valence-electron chi connectivity index (χ4n) is 6.79. The summed E-state index contributed by atoms with van der Waals surface area (Å²) < 4.78 is 6.63. The number of carbonyl (C=O) groups excluding carboxylic acids is 2. The van der Waals surface area contributed by atoms with Crippen LogP contribution in [0.4, 0.5) is 0 Å². The maximum Gasteiger partial charge on any atom is 0.157 e. The topological polar surface area (TPSA) is 83.8 Å². The summed E-state index contributed by atoms with van der Waals surface area (Å²) in [5, 5.41) is 21.7. The van der Waals surface area contributed by atoms with Crippen molar-refractivity contribution in [2.75, 3.05) is 0 Å². The van der Waals surface area contributed by atoms with Crippen molar-refractivity contribution >= 4 is 12.6 Å². The number of hydrogen-bond acceptors (Lipinski definition) is 5. The van der Waals surface area contributed by atoms with Gasteiger partial charge in [-0.2, -0.15) is 0 Å². The second-order valence-electron chi connectivity index (χ2n) is 11.8. The number of fused-ring (bicyclic) bond motifs is 3. The van der Waals surface area contributed by atoms with Gasteiger partial charge >= 0.3 is 0 Å². The van der Waals surface area contributed by atoms with Gasteiger partial charge in [-0.15, -0.1) is 0 Å². The molecule has 3 aliphatic rings. The number of phenols is 2. The number of aldehydes is 2. The minimum atomic E-state index is -0.535. The third-order valence-electron chi connectivity index (χ3n) is 8.85. The van der Waals surface area contributed by atoms with E-state index < -0.39 is 11.4 Å². The molecule has 1 saturated carbocycles. The summed E-state index contributed by atoms with van der Waals surface area (Å²) in [7, 11) is 0. The van der Waals surface area contributed by atoms with E-state index in [9.17, 15) is 19.8 Å². The first kappa shape index (κ1) is 23.8. The normalized spacial score (nSPS) is 32.5. The van der Waals surface area contributed by atoms with Crippen molar-refractivity contribution in [3.63, 3.8) is 0 Å². The molecular formula is C28H38O5. The maximum absolute atomic E-state index is 12.0. The molecule has 2 N–H and O–H groups in total. The Kier molecular flexibility index (Phi) is 5.91. The number of phenolic OH excluding ortho intramolecular Hbond substituents is 2. The summed E-state index contributed by atoms with van der Waals surface area (Å²) >= 11 is 0. The molecule has 1 fully saturated rings. The predicted octanol–water partition coefficient (Wildman–Crippen LogP) is 6.41. The van der Waals surface area contributed by atoms with E-state index in [-0.39, 0.29) is 39.9 Å². The van der Waals surface area contributed by atoms with E-state index >= 15 is 0 Å². The molecule has 1 aromatic rings. The van der Waals surface area contributed by atoms with E-state index in [4.69, 9.17) is 4.74 Å². The van der Waals surface area contributed by atoms with E-state index in [1.165, 1.54) is 5.57 Å². The van der Waals surface area contributed by atoms with Gasteiger partial charge in [-0.05, 0) is 75.0 Å². The highest BCUT2D eigenvalue weighted by atomic mass is 16.5. The zero-order valence-corrected chi connectivity index (χ0v) is 20.8. The van der Waals surface area contributed by atoms with Crippen molar-refractivity contribution in [2.24, 2.45) is 29.1 Å². The summed E-state index contributed by atoms with van der Waals surface area (Å²) in [6.45, 7) is 13.3. The van der Waals surface area contributed by atoms with Gasteiger partial charge in [0.05, 0.1) is 11.1 Å². The quantitative estimate of drug-likeness (QED) is 0.405. The molecule has 5 atom stereocenters. The molecule has 0 aromatic heterocycles. The van der Waals surface area contributed by atoms with Crippen LogP contribution in [0.25, 0.3) is 0 Å². The second-order valence-corrected chi connectivity index (χ2v) is 11.8. The highest BCUT2D eigenvalue weighted by molar-refractivity contribution is 5.95. The average molecular weight is 455 g/mol. The van der Waals surface area contributed by atoms with Gasteiger partial charge in [0.25, 0.3) is 0 Å². The third-order valence-corrected chi connectivity index (χ3v) is 8.85. The van der Waals surface area contributed by atoms with Crippen LogP contribution in [0, 0.1) is 29.1 Å². The smallest absolute Gasteiger partial charge is 0.157 e. The Hall–Kier alpha value is -2.30. The van der Waals surface area contributed by atoms with Crippen molar-refractivity contribution in [3.05, 3.63) is 28.3 Å². The lowest BCUT2D eigenvalue weighted by atomic mass is 9.65. The van der Waals surface area contributed by atoms with Gasteiger partial charge in [0, 0.05) is 11.5 Å². The molecular weight excluding hydrogens is 416 g/mol. The third kappa shape index (κ3) is 3.77. The van der Waals surface area contributed by atoms with Crippen LogP contribution in [0.5, 0.6) is 17.2 Å². The van der Waals surface area contributed by atoms with Crippen molar-refractivity contribution in [1.29, 1.82) is 0 Å². The van der Waals surface area contributed by atoms with Gasteiger partial charge in [0.15, 0.2) is 12.6 Å². The fourth-order valence-corrected chi connectivity index (χ4v) is 6.79. The highest BCUT2D eigenvalue weighted by Crippen LogP contribution is 2.64. The Morgan fingerprint density at radius 2 is 1.73 bits per heavy atom. The van der Waals surface area contributed by atoms with Gasteiger partial charge in [-0.1, -0.05) is 39.3 Å². The van der Waals surface area contributed by atoms with Crippen LogP contribution < -0.4 is 4.74 Å². The SMILES string of the molecule is CC1=C[C@H]2[C@@H](CC[C@]3(C)Oc4c(C=O)c(O)c(C=O)c(O)c4[C@H](CC(C)C)[C@H]3CC1)C2(C)C. The Morgan fingerprint density at radius 3 is 2.33 bits per heavy atom.